The third-order valence-electron chi connectivity index (χ3n) is 3.94. The van der Waals surface area contributed by atoms with Crippen LogP contribution >= 0.6 is 0 Å². The summed E-state index contributed by atoms with van der Waals surface area (Å²) in [4.78, 5) is 18.4. The van der Waals surface area contributed by atoms with Crippen molar-refractivity contribution in [2.75, 3.05) is 20.1 Å². The van der Waals surface area contributed by atoms with Gasteiger partial charge < -0.3 is 15.5 Å². The van der Waals surface area contributed by atoms with Gasteiger partial charge in [-0.05, 0) is 18.6 Å². The molecule has 0 aliphatic rings. The Morgan fingerprint density at radius 1 is 1.24 bits per heavy atom. The number of aliphatic imine (C=N–C) groups is 1. The van der Waals surface area contributed by atoms with Gasteiger partial charge in [0.15, 0.2) is 5.96 Å². The van der Waals surface area contributed by atoms with Gasteiger partial charge in [0.1, 0.15) is 0 Å². The minimum absolute atomic E-state index is 0.0369. The van der Waals surface area contributed by atoms with Crippen molar-refractivity contribution in [2.45, 2.75) is 20.0 Å². The summed E-state index contributed by atoms with van der Waals surface area (Å²) in [5.74, 6) is 0.625. The first kappa shape index (κ1) is 18.5. The molecule has 0 fully saturated rings. The topological polar surface area (TPSA) is 74.6 Å². The zero-order chi connectivity index (χ0) is 18.1. The molecule has 0 bridgehead atoms. The number of benzene rings is 1. The van der Waals surface area contributed by atoms with Gasteiger partial charge in [0, 0.05) is 33.4 Å². The molecule has 0 radical (unpaired) electrons. The van der Waals surface area contributed by atoms with Crippen LogP contribution < -0.4 is 10.6 Å². The molecule has 1 amide bonds. The number of guanidine groups is 1. The lowest BCUT2D eigenvalue weighted by molar-refractivity contribution is -0.130. The molecule has 0 unspecified atom stereocenters. The highest BCUT2D eigenvalue weighted by molar-refractivity contribution is 5.86. The molecule has 0 spiro atoms. The standard InChI is InChI=1S/C18H26N6O/c1-4-24(14-15-8-6-5-7-9-15)17(25)13-21-18(19-2)20-12-16-10-11-22-23(16)3/h5-11H,4,12-14H2,1-3H3,(H2,19,20,21). The van der Waals surface area contributed by atoms with Crippen LogP contribution in [0.1, 0.15) is 18.2 Å². The quantitative estimate of drug-likeness (QED) is 0.584. The number of hydrogen-bond donors (Lipinski definition) is 2. The molecule has 7 nitrogen and oxygen atoms in total. The van der Waals surface area contributed by atoms with Crippen LogP contribution in [0.5, 0.6) is 0 Å². The summed E-state index contributed by atoms with van der Waals surface area (Å²) in [6.45, 7) is 4.04. The number of nitrogens with zero attached hydrogens (tertiary/aromatic N) is 4. The van der Waals surface area contributed by atoms with E-state index >= 15 is 0 Å². The molecule has 0 aliphatic heterocycles. The number of aromatic nitrogens is 2. The molecule has 134 valence electrons. The van der Waals surface area contributed by atoms with Crippen molar-refractivity contribution in [1.29, 1.82) is 0 Å². The van der Waals surface area contributed by atoms with Crippen LogP contribution in [0.4, 0.5) is 0 Å². The van der Waals surface area contributed by atoms with Gasteiger partial charge in [-0.15, -0.1) is 0 Å². The van der Waals surface area contributed by atoms with E-state index in [-0.39, 0.29) is 12.5 Å². The maximum Gasteiger partial charge on any atom is 0.242 e. The lowest BCUT2D eigenvalue weighted by atomic mass is 10.2. The highest BCUT2D eigenvalue weighted by atomic mass is 16.2. The maximum absolute atomic E-state index is 12.5. The Hall–Kier alpha value is -2.83. The Balaban J connectivity index is 1.82. The van der Waals surface area contributed by atoms with Crippen molar-refractivity contribution in [3.05, 3.63) is 53.9 Å². The first-order valence-corrected chi connectivity index (χ1v) is 8.37. The highest BCUT2D eigenvalue weighted by Crippen LogP contribution is 2.04. The predicted octanol–water partition coefficient (Wildman–Crippen LogP) is 1.13. The van der Waals surface area contributed by atoms with Crippen LogP contribution in [0.3, 0.4) is 0 Å². The fourth-order valence-electron chi connectivity index (χ4n) is 2.42. The van der Waals surface area contributed by atoms with Crippen LogP contribution in [0.25, 0.3) is 0 Å². The van der Waals surface area contributed by atoms with Crippen molar-refractivity contribution >= 4 is 11.9 Å². The molecule has 1 aromatic carbocycles. The van der Waals surface area contributed by atoms with Crippen molar-refractivity contribution in [3.63, 3.8) is 0 Å². The lowest BCUT2D eigenvalue weighted by Crippen LogP contribution is -2.44. The van der Waals surface area contributed by atoms with Crippen molar-refractivity contribution in [2.24, 2.45) is 12.0 Å². The second kappa shape index (κ2) is 9.46. The molecule has 0 atom stereocenters. The van der Waals surface area contributed by atoms with E-state index in [1.165, 1.54) is 0 Å². The van der Waals surface area contributed by atoms with Crippen LogP contribution in [0.15, 0.2) is 47.6 Å². The SMILES string of the molecule is CCN(Cc1ccccc1)C(=O)CNC(=NC)NCc1ccnn1C. The molecule has 7 heteroatoms. The smallest absolute Gasteiger partial charge is 0.242 e. The van der Waals surface area contributed by atoms with E-state index in [2.05, 4.69) is 20.7 Å². The summed E-state index contributed by atoms with van der Waals surface area (Å²) in [5.41, 5.74) is 2.16. The number of hydrogen-bond acceptors (Lipinski definition) is 3. The van der Waals surface area contributed by atoms with Crippen LogP contribution in [-0.4, -0.2) is 46.7 Å². The van der Waals surface area contributed by atoms with Gasteiger partial charge >= 0.3 is 0 Å². The zero-order valence-electron chi connectivity index (χ0n) is 15.1. The Labute approximate surface area is 148 Å². The van der Waals surface area contributed by atoms with Crippen molar-refractivity contribution in [1.82, 2.24) is 25.3 Å². The molecule has 1 heterocycles. The molecule has 2 N–H and O–H groups in total. The second-order valence-electron chi connectivity index (χ2n) is 5.62. The van der Waals surface area contributed by atoms with Crippen molar-refractivity contribution < 1.29 is 4.79 Å². The fraction of sp³-hybridized carbons (Fsp3) is 0.389. The Bertz CT molecular complexity index is 695. The Morgan fingerprint density at radius 2 is 2.00 bits per heavy atom. The highest BCUT2D eigenvalue weighted by Gasteiger charge is 2.12. The molecule has 0 saturated carbocycles. The molecule has 2 rings (SSSR count). The normalized spacial score (nSPS) is 11.2. The van der Waals surface area contributed by atoms with E-state index < -0.39 is 0 Å². The average Bonchev–Trinajstić information content (AvgIpc) is 3.05. The third-order valence-corrected chi connectivity index (χ3v) is 3.94. The predicted molar refractivity (Wildman–Crippen MR) is 98.9 cm³/mol. The van der Waals surface area contributed by atoms with Crippen LogP contribution in [0, 0.1) is 0 Å². The van der Waals surface area contributed by atoms with Crippen LogP contribution in [-0.2, 0) is 24.9 Å². The summed E-state index contributed by atoms with van der Waals surface area (Å²) >= 11 is 0. The molecular formula is C18H26N6O. The first-order valence-electron chi connectivity index (χ1n) is 8.37. The molecule has 0 aliphatic carbocycles. The number of likely N-dealkylation sites (N-methyl/N-ethyl adjacent to an activating group) is 1. The van der Waals surface area contributed by atoms with E-state index in [1.807, 2.05) is 55.3 Å². The number of amides is 1. The van der Waals surface area contributed by atoms with Gasteiger partial charge in [0.25, 0.3) is 0 Å². The monoisotopic (exact) mass is 342 g/mol. The summed E-state index contributed by atoms with van der Waals surface area (Å²) < 4.78 is 1.80. The van der Waals surface area contributed by atoms with Crippen LogP contribution in [0.2, 0.25) is 0 Å². The summed E-state index contributed by atoms with van der Waals surface area (Å²) in [6, 6.07) is 11.9. The summed E-state index contributed by atoms with van der Waals surface area (Å²) in [6.07, 6.45) is 1.75. The number of aryl methyl sites for hydroxylation is 1. The van der Waals surface area contributed by atoms with Gasteiger partial charge in [-0.2, -0.15) is 5.10 Å². The van der Waals surface area contributed by atoms with Gasteiger partial charge in [-0.3, -0.25) is 14.5 Å². The van der Waals surface area contributed by atoms with E-state index in [4.69, 9.17) is 0 Å². The maximum atomic E-state index is 12.5. The Kier molecular flexibility index (Phi) is 7.00. The Morgan fingerprint density at radius 3 is 2.60 bits per heavy atom. The number of carbonyl (C=O) groups excluding carboxylic acids is 1. The average molecular weight is 342 g/mol. The van der Waals surface area contributed by atoms with E-state index in [0.29, 0.717) is 25.6 Å². The number of nitrogens with one attached hydrogen (secondary N) is 2. The molecule has 1 aromatic heterocycles. The van der Waals surface area contributed by atoms with Gasteiger partial charge in [0.2, 0.25) is 5.91 Å². The number of rotatable bonds is 7. The van der Waals surface area contributed by atoms with Crippen molar-refractivity contribution in [3.8, 4) is 0 Å². The summed E-state index contributed by atoms with van der Waals surface area (Å²) in [7, 11) is 3.57. The van der Waals surface area contributed by atoms with Gasteiger partial charge in [-0.25, -0.2) is 0 Å². The van der Waals surface area contributed by atoms with Gasteiger partial charge in [0.05, 0.1) is 18.8 Å². The zero-order valence-corrected chi connectivity index (χ0v) is 15.1. The summed E-state index contributed by atoms with van der Waals surface area (Å²) in [5, 5.41) is 10.4. The van der Waals surface area contributed by atoms with E-state index in [1.54, 1.807) is 17.9 Å². The molecule has 2 aromatic rings. The van der Waals surface area contributed by atoms with E-state index in [9.17, 15) is 4.79 Å². The third kappa shape index (κ3) is 5.63. The van der Waals surface area contributed by atoms with Gasteiger partial charge in [-0.1, -0.05) is 30.3 Å². The molecule has 25 heavy (non-hydrogen) atoms. The largest absolute Gasteiger partial charge is 0.351 e. The second-order valence-corrected chi connectivity index (χ2v) is 5.62. The molecular weight excluding hydrogens is 316 g/mol. The lowest BCUT2D eigenvalue weighted by Gasteiger charge is -2.22. The molecule has 0 saturated heterocycles. The fourth-order valence-corrected chi connectivity index (χ4v) is 2.42. The number of carbonyl (C=O) groups is 1. The first-order chi connectivity index (χ1) is 12.1. The van der Waals surface area contributed by atoms with E-state index in [0.717, 1.165) is 11.3 Å². The minimum atomic E-state index is 0.0369. The minimum Gasteiger partial charge on any atom is -0.351 e.